The van der Waals surface area contributed by atoms with Crippen LogP contribution in [-0.4, -0.2) is 59.0 Å². The van der Waals surface area contributed by atoms with E-state index in [9.17, 15) is 14.4 Å². The number of methoxy groups -OCH3 is 1. The van der Waals surface area contributed by atoms with E-state index < -0.39 is 23.0 Å². The topological polar surface area (TPSA) is 119 Å². The van der Waals surface area contributed by atoms with Gasteiger partial charge in [0.2, 0.25) is 11.8 Å². The normalized spacial score (nSPS) is 15.5. The van der Waals surface area contributed by atoms with Gasteiger partial charge in [0.25, 0.3) is 5.91 Å². The Morgan fingerprint density at radius 1 is 0.976 bits per heavy atom. The summed E-state index contributed by atoms with van der Waals surface area (Å²) in [5.74, 6) is -0.0373. The molecule has 2 heterocycles. The number of anilines is 1. The average molecular weight is 574 g/mol. The van der Waals surface area contributed by atoms with Gasteiger partial charge in [0, 0.05) is 25.5 Å². The summed E-state index contributed by atoms with van der Waals surface area (Å²) >= 11 is 0. The fraction of sp³-hybridized carbons (Fsp3) is 0.424. The molecule has 1 fully saturated rings. The Hall–Kier alpha value is -4.11. The number of likely N-dealkylation sites (tertiary alicyclic amines) is 1. The number of ether oxygens (including phenoxy) is 1. The number of benzene rings is 2. The summed E-state index contributed by atoms with van der Waals surface area (Å²) in [6.07, 6.45) is 7.46. The highest BCUT2D eigenvalue weighted by Crippen LogP contribution is 2.33. The molecule has 9 heteroatoms. The van der Waals surface area contributed by atoms with Gasteiger partial charge >= 0.3 is 0 Å². The smallest absolute Gasteiger partial charge is 0.253 e. The molecule has 1 aliphatic rings. The van der Waals surface area contributed by atoms with Crippen LogP contribution in [0.4, 0.5) is 5.69 Å². The van der Waals surface area contributed by atoms with Crippen molar-refractivity contribution in [3.8, 4) is 5.75 Å². The molecule has 0 aliphatic carbocycles. The van der Waals surface area contributed by atoms with Crippen molar-refractivity contribution in [2.75, 3.05) is 25.5 Å². The van der Waals surface area contributed by atoms with Gasteiger partial charge in [-0.05, 0) is 82.2 Å². The highest BCUT2D eigenvalue weighted by molar-refractivity contribution is 5.98. The number of nitrogens with zero attached hydrogens (tertiary/aromatic N) is 2. The first-order chi connectivity index (χ1) is 20.0. The van der Waals surface area contributed by atoms with E-state index in [1.54, 1.807) is 39.4 Å². The molecule has 2 unspecified atom stereocenters. The SMILES string of the molecule is COc1ccc(C(C)(C(=O)N2CCCC2)n2ccc(NC(=O)C(CCCc3ccccc3)NC(=O)C(C)(C)N)c2)cc1. The van der Waals surface area contributed by atoms with Crippen molar-refractivity contribution in [2.24, 2.45) is 5.73 Å². The minimum atomic E-state index is -1.13. The van der Waals surface area contributed by atoms with Gasteiger partial charge in [0.05, 0.1) is 18.3 Å². The van der Waals surface area contributed by atoms with Gasteiger partial charge in [-0.15, -0.1) is 0 Å². The number of aryl methyl sites for hydroxylation is 1. The van der Waals surface area contributed by atoms with E-state index in [0.29, 0.717) is 24.3 Å². The van der Waals surface area contributed by atoms with Gasteiger partial charge in [-0.2, -0.15) is 0 Å². The lowest BCUT2D eigenvalue weighted by Crippen LogP contribution is -2.54. The Morgan fingerprint density at radius 3 is 2.26 bits per heavy atom. The van der Waals surface area contributed by atoms with Gasteiger partial charge in [-0.25, -0.2) is 0 Å². The van der Waals surface area contributed by atoms with Crippen LogP contribution < -0.4 is 21.1 Å². The molecule has 0 saturated carbocycles. The first-order valence-corrected chi connectivity index (χ1v) is 14.6. The number of rotatable bonds is 12. The third kappa shape index (κ3) is 7.20. The van der Waals surface area contributed by atoms with Crippen LogP contribution in [0.3, 0.4) is 0 Å². The van der Waals surface area contributed by atoms with Gasteiger partial charge in [0.1, 0.15) is 17.3 Å². The van der Waals surface area contributed by atoms with Gasteiger partial charge < -0.3 is 30.6 Å². The number of carbonyl (C=O) groups excluding carboxylic acids is 3. The average Bonchev–Trinajstić information content (AvgIpc) is 3.69. The third-order valence-electron chi connectivity index (χ3n) is 7.95. The number of hydrogen-bond donors (Lipinski definition) is 3. The third-order valence-corrected chi connectivity index (χ3v) is 7.95. The molecule has 1 saturated heterocycles. The van der Waals surface area contributed by atoms with E-state index in [1.807, 2.05) is 71.0 Å². The zero-order chi connectivity index (χ0) is 30.3. The van der Waals surface area contributed by atoms with Crippen molar-refractivity contribution in [1.29, 1.82) is 0 Å². The van der Waals surface area contributed by atoms with Crippen LogP contribution in [0.15, 0.2) is 73.1 Å². The molecular weight excluding hydrogens is 530 g/mol. The van der Waals surface area contributed by atoms with E-state index in [2.05, 4.69) is 10.6 Å². The largest absolute Gasteiger partial charge is 0.497 e. The monoisotopic (exact) mass is 573 g/mol. The maximum Gasteiger partial charge on any atom is 0.253 e. The Balaban J connectivity index is 1.55. The number of nitrogens with one attached hydrogen (secondary N) is 2. The second kappa shape index (κ2) is 13.2. The summed E-state index contributed by atoms with van der Waals surface area (Å²) in [5.41, 5.74) is 6.36. The van der Waals surface area contributed by atoms with Crippen molar-refractivity contribution in [2.45, 2.75) is 70.0 Å². The van der Waals surface area contributed by atoms with Crippen molar-refractivity contribution >= 4 is 23.4 Å². The van der Waals surface area contributed by atoms with Crippen LogP contribution in [0.5, 0.6) is 5.75 Å². The first-order valence-electron chi connectivity index (χ1n) is 14.6. The zero-order valence-corrected chi connectivity index (χ0v) is 25.1. The summed E-state index contributed by atoms with van der Waals surface area (Å²) in [6, 6.07) is 18.5. The number of nitrogens with two attached hydrogens (primary N) is 1. The Morgan fingerprint density at radius 2 is 1.64 bits per heavy atom. The number of carbonyl (C=O) groups is 3. The van der Waals surface area contributed by atoms with Crippen molar-refractivity contribution in [3.05, 3.63) is 84.2 Å². The van der Waals surface area contributed by atoms with E-state index >= 15 is 0 Å². The van der Waals surface area contributed by atoms with Crippen molar-refractivity contribution in [1.82, 2.24) is 14.8 Å². The summed E-state index contributed by atoms with van der Waals surface area (Å²) in [6.45, 7) is 6.56. The Labute approximate surface area is 248 Å². The maximum atomic E-state index is 13.9. The molecular formula is C33H43N5O4. The molecule has 1 aliphatic heterocycles. The zero-order valence-electron chi connectivity index (χ0n) is 25.1. The van der Waals surface area contributed by atoms with E-state index in [-0.39, 0.29) is 11.8 Å². The Kier molecular flexibility index (Phi) is 9.73. The predicted octanol–water partition coefficient (Wildman–Crippen LogP) is 4.07. The molecule has 0 bridgehead atoms. The molecule has 9 nitrogen and oxygen atoms in total. The second-order valence-corrected chi connectivity index (χ2v) is 11.7. The fourth-order valence-electron chi connectivity index (χ4n) is 5.27. The van der Waals surface area contributed by atoms with E-state index in [0.717, 1.165) is 37.9 Å². The first kappa shape index (κ1) is 30.8. The number of aromatic nitrogens is 1. The Bertz CT molecular complexity index is 1360. The molecule has 224 valence electrons. The molecule has 3 amide bonds. The lowest BCUT2D eigenvalue weighted by atomic mass is 9.90. The lowest BCUT2D eigenvalue weighted by molar-refractivity contribution is -0.137. The highest BCUT2D eigenvalue weighted by atomic mass is 16.5. The van der Waals surface area contributed by atoms with Crippen LogP contribution >= 0.6 is 0 Å². The predicted molar refractivity (Wildman–Crippen MR) is 164 cm³/mol. The number of amides is 3. The molecule has 2 atom stereocenters. The van der Waals surface area contributed by atoms with E-state index in [1.165, 1.54) is 5.56 Å². The highest BCUT2D eigenvalue weighted by Gasteiger charge is 2.41. The summed E-state index contributed by atoms with van der Waals surface area (Å²) < 4.78 is 7.18. The van der Waals surface area contributed by atoms with Gasteiger partial charge in [0.15, 0.2) is 0 Å². The van der Waals surface area contributed by atoms with E-state index in [4.69, 9.17) is 10.5 Å². The van der Waals surface area contributed by atoms with Crippen molar-refractivity contribution in [3.63, 3.8) is 0 Å². The fourth-order valence-corrected chi connectivity index (χ4v) is 5.27. The molecule has 4 rings (SSSR count). The molecule has 2 aromatic carbocycles. The summed E-state index contributed by atoms with van der Waals surface area (Å²) in [4.78, 5) is 42.1. The van der Waals surface area contributed by atoms with Gasteiger partial charge in [-0.1, -0.05) is 42.5 Å². The summed E-state index contributed by atoms with van der Waals surface area (Å²) in [5, 5.41) is 5.79. The minimum Gasteiger partial charge on any atom is -0.497 e. The minimum absolute atomic E-state index is 0.00475. The molecule has 1 aromatic heterocycles. The summed E-state index contributed by atoms with van der Waals surface area (Å²) in [7, 11) is 1.61. The molecule has 0 spiro atoms. The van der Waals surface area contributed by atoms with Crippen molar-refractivity contribution < 1.29 is 19.1 Å². The van der Waals surface area contributed by atoms with Crippen LogP contribution in [0.25, 0.3) is 0 Å². The van der Waals surface area contributed by atoms with Crippen LogP contribution in [-0.2, 0) is 26.3 Å². The number of hydrogen-bond acceptors (Lipinski definition) is 5. The molecule has 4 N–H and O–H groups in total. The van der Waals surface area contributed by atoms with Gasteiger partial charge in [-0.3, -0.25) is 14.4 Å². The van der Waals surface area contributed by atoms with Crippen LogP contribution in [0.1, 0.15) is 57.6 Å². The quantitative estimate of drug-likeness (QED) is 0.302. The lowest BCUT2D eigenvalue weighted by Gasteiger charge is -2.34. The molecule has 42 heavy (non-hydrogen) atoms. The molecule has 0 radical (unpaired) electrons. The second-order valence-electron chi connectivity index (χ2n) is 11.7. The van der Waals surface area contributed by atoms with Crippen LogP contribution in [0, 0.1) is 0 Å². The molecule has 3 aromatic rings. The van der Waals surface area contributed by atoms with Crippen LogP contribution in [0.2, 0.25) is 0 Å². The standard InChI is InChI=1S/C33H43N5O4/c1-32(2,34)30(40)36-28(14-10-13-24-11-6-5-7-12-24)29(39)35-26-19-22-38(23-26)33(3,31(41)37-20-8-9-21-37)25-15-17-27(42-4)18-16-25/h5-7,11-12,15-19,22-23,28H,8-10,13-14,20-21,34H2,1-4H3,(H,35,39)(H,36,40). The maximum absolute atomic E-state index is 13.9.